The second-order valence-corrected chi connectivity index (χ2v) is 10.1. The summed E-state index contributed by atoms with van der Waals surface area (Å²) in [6.07, 6.45) is 2.70. The average Bonchev–Trinajstić information content (AvgIpc) is 3.11. The molecule has 0 aromatic heterocycles. The fraction of sp³-hybridized carbons (Fsp3) is 0.286. The van der Waals surface area contributed by atoms with E-state index < -0.39 is 9.84 Å². The summed E-state index contributed by atoms with van der Waals surface area (Å²) in [4.78, 5) is 15.3. The number of nitrogens with zero attached hydrogens (tertiary/aromatic N) is 4. The van der Waals surface area contributed by atoms with E-state index in [4.69, 9.17) is 23.2 Å². The average molecular weight is 465 g/mol. The van der Waals surface area contributed by atoms with Crippen LogP contribution in [0.3, 0.4) is 0 Å². The highest BCUT2D eigenvalue weighted by molar-refractivity contribution is 7.90. The molecule has 2 aromatic rings. The fourth-order valence-corrected chi connectivity index (χ4v) is 4.09. The largest absolute Gasteiger partial charge is 0.371 e. The fourth-order valence-electron chi connectivity index (χ4n) is 3.04. The zero-order chi connectivity index (χ0) is 21.9. The molecule has 0 bridgehead atoms. The van der Waals surface area contributed by atoms with Gasteiger partial charge in [-0.25, -0.2) is 23.4 Å². The van der Waals surface area contributed by atoms with Crippen molar-refractivity contribution in [2.75, 3.05) is 30.0 Å². The van der Waals surface area contributed by atoms with Crippen molar-refractivity contribution in [3.05, 3.63) is 57.6 Å². The van der Waals surface area contributed by atoms with E-state index in [0.29, 0.717) is 40.2 Å². The Hall–Kier alpha value is -2.22. The quantitative estimate of drug-likeness (QED) is 0.593. The summed E-state index contributed by atoms with van der Waals surface area (Å²) >= 11 is 12.3. The van der Waals surface area contributed by atoms with E-state index in [1.54, 1.807) is 18.2 Å². The van der Waals surface area contributed by atoms with Gasteiger partial charge in [-0.05, 0) is 55.8 Å². The first-order valence-corrected chi connectivity index (χ1v) is 12.2. The molecule has 0 radical (unpaired) electrons. The van der Waals surface area contributed by atoms with Crippen molar-refractivity contribution in [2.24, 2.45) is 15.0 Å². The SMILES string of the molecule is CCN(CCS(C)(=O)=O)c1ccc(N=C2N=CN=C2c2ccc(Cl)cc2Cl)c(C)c1. The molecule has 6 nitrogen and oxygen atoms in total. The van der Waals surface area contributed by atoms with Crippen LogP contribution in [0.25, 0.3) is 0 Å². The predicted octanol–water partition coefficient (Wildman–Crippen LogP) is 4.73. The molecule has 158 valence electrons. The van der Waals surface area contributed by atoms with Crippen LogP contribution in [-0.2, 0) is 9.84 Å². The summed E-state index contributed by atoms with van der Waals surface area (Å²) in [6.45, 7) is 5.10. The normalized spacial score (nSPS) is 15.0. The molecule has 0 saturated heterocycles. The Labute approximate surface area is 186 Å². The molecular weight excluding hydrogens is 443 g/mol. The Bertz CT molecular complexity index is 1160. The second kappa shape index (κ2) is 9.29. The molecule has 30 heavy (non-hydrogen) atoms. The number of rotatable bonds is 7. The second-order valence-electron chi connectivity index (χ2n) is 6.96. The first-order valence-electron chi connectivity index (χ1n) is 9.36. The van der Waals surface area contributed by atoms with Crippen molar-refractivity contribution in [2.45, 2.75) is 13.8 Å². The molecule has 9 heteroatoms. The number of halogens is 2. The molecular formula is C21H22Cl2N4O2S. The van der Waals surface area contributed by atoms with Crippen molar-refractivity contribution in [3.8, 4) is 0 Å². The zero-order valence-electron chi connectivity index (χ0n) is 16.9. The molecule has 0 N–H and O–H groups in total. The third kappa shape index (κ3) is 5.47. The number of sulfone groups is 1. The van der Waals surface area contributed by atoms with Crippen LogP contribution in [0.1, 0.15) is 18.1 Å². The van der Waals surface area contributed by atoms with E-state index in [9.17, 15) is 8.42 Å². The third-order valence-electron chi connectivity index (χ3n) is 4.65. The number of benzene rings is 2. The molecule has 0 atom stereocenters. The summed E-state index contributed by atoms with van der Waals surface area (Å²) in [6, 6.07) is 11.0. The van der Waals surface area contributed by atoms with Crippen molar-refractivity contribution < 1.29 is 8.42 Å². The minimum absolute atomic E-state index is 0.111. The van der Waals surface area contributed by atoms with E-state index >= 15 is 0 Å². The zero-order valence-corrected chi connectivity index (χ0v) is 19.3. The van der Waals surface area contributed by atoms with Crippen LogP contribution in [0.15, 0.2) is 51.4 Å². The van der Waals surface area contributed by atoms with Crippen LogP contribution in [0, 0.1) is 6.92 Å². The Morgan fingerprint density at radius 3 is 2.53 bits per heavy atom. The molecule has 1 heterocycles. The maximum atomic E-state index is 11.5. The predicted molar refractivity (Wildman–Crippen MR) is 127 cm³/mol. The number of hydrogen-bond donors (Lipinski definition) is 0. The van der Waals surface area contributed by atoms with Gasteiger partial charge in [0.2, 0.25) is 0 Å². The Morgan fingerprint density at radius 1 is 1.13 bits per heavy atom. The van der Waals surface area contributed by atoms with E-state index in [1.165, 1.54) is 12.6 Å². The molecule has 1 aliphatic rings. The molecule has 0 spiro atoms. The van der Waals surface area contributed by atoms with Gasteiger partial charge in [-0.3, -0.25) is 0 Å². The third-order valence-corrected chi connectivity index (χ3v) is 6.12. The summed E-state index contributed by atoms with van der Waals surface area (Å²) < 4.78 is 23.0. The topological polar surface area (TPSA) is 74.5 Å². The van der Waals surface area contributed by atoms with E-state index in [-0.39, 0.29) is 5.75 Å². The van der Waals surface area contributed by atoms with E-state index in [2.05, 4.69) is 15.0 Å². The Balaban J connectivity index is 1.87. The van der Waals surface area contributed by atoms with Crippen LogP contribution < -0.4 is 4.90 Å². The lowest BCUT2D eigenvalue weighted by Crippen LogP contribution is -2.28. The first-order chi connectivity index (χ1) is 14.2. The molecule has 3 rings (SSSR count). The van der Waals surface area contributed by atoms with Crippen LogP contribution in [0.4, 0.5) is 11.4 Å². The van der Waals surface area contributed by atoms with Gasteiger partial charge in [0, 0.05) is 35.6 Å². The van der Waals surface area contributed by atoms with Gasteiger partial charge in [0.25, 0.3) is 0 Å². The highest BCUT2D eigenvalue weighted by Crippen LogP contribution is 2.28. The minimum atomic E-state index is -3.02. The molecule has 0 saturated carbocycles. The van der Waals surface area contributed by atoms with Gasteiger partial charge < -0.3 is 4.90 Å². The summed E-state index contributed by atoms with van der Waals surface area (Å²) in [7, 11) is -3.02. The molecule has 0 aliphatic carbocycles. The molecule has 2 aromatic carbocycles. The highest BCUT2D eigenvalue weighted by atomic mass is 35.5. The smallest absolute Gasteiger partial charge is 0.180 e. The van der Waals surface area contributed by atoms with Gasteiger partial charge in [0.15, 0.2) is 5.84 Å². The van der Waals surface area contributed by atoms with Gasteiger partial charge >= 0.3 is 0 Å². The van der Waals surface area contributed by atoms with Crippen molar-refractivity contribution in [3.63, 3.8) is 0 Å². The number of aryl methyl sites for hydroxylation is 1. The lowest BCUT2D eigenvalue weighted by Gasteiger charge is -2.23. The molecule has 0 unspecified atom stereocenters. The van der Waals surface area contributed by atoms with Gasteiger partial charge in [-0.1, -0.05) is 23.2 Å². The number of hydrogen-bond acceptors (Lipinski definition) is 5. The van der Waals surface area contributed by atoms with Crippen LogP contribution in [0.5, 0.6) is 0 Å². The van der Waals surface area contributed by atoms with E-state index in [1.807, 2.05) is 36.9 Å². The van der Waals surface area contributed by atoms with Crippen LogP contribution in [0.2, 0.25) is 10.0 Å². The monoisotopic (exact) mass is 464 g/mol. The maximum Gasteiger partial charge on any atom is 0.180 e. The van der Waals surface area contributed by atoms with Gasteiger partial charge in [0.1, 0.15) is 21.9 Å². The highest BCUT2D eigenvalue weighted by Gasteiger charge is 2.18. The minimum Gasteiger partial charge on any atom is -0.371 e. The van der Waals surface area contributed by atoms with Gasteiger partial charge in [-0.2, -0.15) is 0 Å². The molecule has 0 amide bonds. The first kappa shape index (κ1) is 22.5. The van der Waals surface area contributed by atoms with E-state index in [0.717, 1.165) is 16.9 Å². The Morgan fingerprint density at radius 2 is 1.90 bits per heavy atom. The summed E-state index contributed by atoms with van der Waals surface area (Å²) in [5.41, 5.74) is 3.95. The summed E-state index contributed by atoms with van der Waals surface area (Å²) in [5.74, 6) is 0.583. The maximum absolute atomic E-state index is 11.5. The van der Waals surface area contributed by atoms with Crippen LogP contribution in [-0.4, -0.2) is 51.4 Å². The molecule has 1 aliphatic heterocycles. The lowest BCUT2D eigenvalue weighted by atomic mass is 10.1. The van der Waals surface area contributed by atoms with Crippen molar-refractivity contribution in [1.29, 1.82) is 0 Å². The van der Waals surface area contributed by atoms with Gasteiger partial charge in [-0.15, -0.1) is 0 Å². The van der Waals surface area contributed by atoms with Gasteiger partial charge in [0.05, 0.1) is 16.5 Å². The lowest BCUT2D eigenvalue weighted by molar-refractivity contribution is 0.600. The van der Waals surface area contributed by atoms with Crippen LogP contribution >= 0.6 is 23.2 Å². The Kier molecular flexibility index (Phi) is 6.95. The number of amidine groups is 1. The summed E-state index contributed by atoms with van der Waals surface area (Å²) in [5, 5.41) is 1.03. The number of aliphatic imine (C=N–C) groups is 3. The van der Waals surface area contributed by atoms with Crippen molar-refractivity contribution >= 4 is 62.3 Å². The number of anilines is 1. The van der Waals surface area contributed by atoms with Crippen molar-refractivity contribution in [1.82, 2.24) is 0 Å². The molecule has 0 fully saturated rings. The standard InChI is InChI=1S/C21H22Cl2N4O2S/c1-4-27(9-10-30(3,28)29)16-6-8-19(14(2)11-16)26-21-20(24-13-25-21)17-7-5-15(22)12-18(17)23/h5-8,11-13H,4,9-10H2,1-3H3.